The number of carbonyl (C=O) groups is 2. The lowest BCUT2D eigenvalue weighted by molar-refractivity contribution is -0.122. The van der Waals surface area contributed by atoms with Crippen molar-refractivity contribution in [2.75, 3.05) is 7.11 Å². The predicted octanol–water partition coefficient (Wildman–Crippen LogP) is 7.54. The first kappa shape index (κ1) is 28.2. The minimum Gasteiger partial charge on any atom is -0.493 e. The molecular formula is C32H25BrN2O5S. The van der Waals surface area contributed by atoms with E-state index in [9.17, 15) is 14.7 Å². The SMILES string of the molecule is COc1cc(/C=C2\SC(=Nc3ccccc3)N(Cc3ccc(C(=O)O)cc3)C2=O)cc(Br)c1OCc1ccccc1. The van der Waals surface area contributed by atoms with Gasteiger partial charge in [-0.2, -0.15) is 0 Å². The van der Waals surface area contributed by atoms with Crippen LogP contribution in [0.4, 0.5) is 5.69 Å². The number of methoxy groups -OCH3 is 1. The van der Waals surface area contributed by atoms with Gasteiger partial charge >= 0.3 is 5.97 Å². The van der Waals surface area contributed by atoms with Crippen molar-refractivity contribution in [1.82, 2.24) is 4.90 Å². The van der Waals surface area contributed by atoms with Gasteiger partial charge in [-0.05, 0) is 86.9 Å². The zero-order valence-electron chi connectivity index (χ0n) is 22.0. The lowest BCUT2D eigenvalue weighted by atomic mass is 10.1. The summed E-state index contributed by atoms with van der Waals surface area (Å²) in [4.78, 5) is 31.7. The van der Waals surface area contributed by atoms with Gasteiger partial charge in [-0.1, -0.05) is 60.7 Å². The number of nitrogens with zero attached hydrogens (tertiary/aromatic N) is 2. The first-order valence-corrected chi connectivity index (χ1v) is 14.2. The number of aromatic carboxylic acids is 1. The van der Waals surface area contributed by atoms with Gasteiger partial charge in [-0.15, -0.1) is 0 Å². The summed E-state index contributed by atoms with van der Waals surface area (Å²) in [6.07, 6.45) is 1.80. The fourth-order valence-corrected chi connectivity index (χ4v) is 5.70. The normalized spacial score (nSPS) is 15.0. The van der Waals surface area contributed by atoms with Crippen LogP contribution >= 0.6 is 27.7 Å². The van der Waals surface area contributed by atoms with Gasteiger partial charge in [-0.3, -0.25) is 9.69 Å². The Bertz CT molecular complexity index is 1620. The highest BCUT2D eigenvalue weighted by atomic mass is 79.9. The molecule has 0 spiro atoms. The molecule has 7 nitrogen and oxygen atoms in total. The number of thioether (sulfide) groups is 1. The first-order chi connectivity index (χ1) is 19.9. The van der Waals surface area contributed by atoms with Gasteiger partial charge in [0.05, 0.1) is 34.3 Å². The second-order valence-electron chi connectivity index (χ2n) is 9.04. The lowest BCUT2D eigenvalue weighted by Crippen LogP contribution is -2.28. The zero-order chi connectivity index (χ0) is 28.8. The van der Waals surface area contributed by atoms with Crippen LogP contribution in [0.1, 0.15) is 27.0 Å². The molecule has 0 aliphatic carbocycles. The number of hydrogen-bond acceptors (Lipinski definition) is 6. The molecule has 1 saturated heterocycles. The monoisotopic (exact) mass is 628 g/mol. The van der Waals surface area contributed by atoms with Gasteiger partial charge < -0.3 is 14.6 Å². The molecule has 5 rings (SSSR count). The molecule has 0 aromatic heterocycles. The van der Waals surface area contributed by atoms with E-state index < -0.39 is 5.97 Å². The Morgan fingerprint density at radius 1 is 0.976 bits per heavy atom. The Morgan fingerprint density at radius 2 is 1.66 bits per heavy atom. The van der Waals surface area contributed by atoms with Crippen molar-refractivity contribution in [3.63, 3.8) is 0 Å². The molecule has 1 amide bonds. The molecule has 1 fully saturated rings. The summed E-state index contributed by atoms with van der Waals surface area (Å²) in [5, 5.41) is 9.76. The van der Waals surface area contributed by atoms with Crippen molar-refractivity contribution in [2.45, 2.75) is 13.2 Å². The number of aliphatic imine (C=N–C) groups is 1. The Labute approximate surface area is 250 Å². The second-order valence-corrected chi connectivity index (χ2v) is 10.9. The maximum atomic E-state index is 13.6. The third kappa shape index (κ3) is 6.87. The number of para-hydroxylation sites is 1. The molecule has 0 unspecified atom stereocenters. The van der Waals surface area contributed by atoms with E-state index in [1.165, 1.54) is 23.9 Å². The summed E-state index contributed by atoms with van der Waals surface area (Å²) in [5.74, 6) is -0.0988. The van der Waals surface area contributed by atoms with Crippen molar-refractivity contribution in [1.29, 1.82) is 0 Å². The highest BCUT2D eigenvalue weighted by molar-refractivity contribution is 9.10. The van der Waals surface area contributed by atoms with Crippen LogP contribution in [0.5, 0.6) is 11.5 Å². The number of carbonyl (C=O) groups excluding carboxylic acids is 1. The Balaban J connectivity index is 1.44. The molecule has 0 bridgehead atoms. The average molecular weight is 630 g/mol. The quantitative estimate of drug-likeness (QED) is 0.193. The van der Waals surface area contributed by atoms with Crippen LogP contribution in [0, 0.1) is 0 Å². The fourth-order valence-electron chi connectivity index (χ4n) is 4.12. The zero-order valence-corrected chi connectivity index (χ0v) is 24.4. The summed E-state index contributed by atoms with van der Waals surface area (Å²) in [6, 6.07) is 29.5. The van der Waals surface area contributed by atoms with Crippen molar-refractivity contribution in [3.8, 4) is 11.5 Å². The van der Waals surface area contributed by atoms with Crippen LogP contribution in [0.3, 0.4) is 0 Å². The average Bonchev–Trinajstić information content (AvgIpc) is 3.26. The van der Waals surface area contributed by atoms with Gasteiger partial charge in [0, 0.05) is 0 Å². The van der Waals surface area contributed by atoms with Gasteiger partial charge in [0.1, 0.15) is 6.61 Å². The van der Waals surface area contributed by atoms with E-state index in [0.29, 0.717) is 32.7 Å². The lowest BCUT2D eigenvalue weighted by Gasteiger charge is -2.16. The molecule has 1 aliphatic rings. The molecule has 1 aliphatic heterocycles. The number of carboxylic acids is 1. The van der Waals surface area contributed by atoms with Crippen LogP contribution in [0.2, 0.25) is 0 Å². The van der Waals surface area contributed by atoms with E-state index in [2.05, 4.69) is 15.9 Å². The number of carboxylic acid groups (broad SMARTS) is 1. The van der Waals surface area contributed by atoms with Crippen LogP contribution in [0.15, 0.2) is 111 Å². The minimum absolute atomic E-state index is 0.186. The largest absolute Gasteiger partial charge is 0.493 e. The molecule has 0 saturated carbocycles. The van der Waals surface area contributed by atoms with Crippen molar-refractivity contribution in [2.24, 2.45) is 4.99 Å². The van der Waals surface area contributed by atoms with E-state index in [1.807, 2.05) is 72.8 Å². The molecule has 1 N–H and O–H groups in total. The fraction of sp³-hybridized carbons (Fsp3) is 0.0938. The summed E-state index contributed by atoms with van der Waals surface area (Å²) < 4.78 is 12.4. The summed E-state index contributed by atoms with van der Waals surface area (Å²) in [5.41, 5.74) is 3.48. The number of benzene rings is 4. The number of halogens is 1. The Kier molecular flexibility index (Phi) is 8.86. The maximum absolute atomic E-state index is 13.6. The molecule has 4 aromatic rings. The van der Waals surface area contributed by atoms with Gasteiger partial charge in [0.15, 0.2) is 16.7 Å². The van der Waals surface area contributed by atoms with Crippen LogP contribution < -0.4 is 9.47 Å². The molecule has 9 heteroatoms. The summed E-state index contributed by atoms with van der Waals surface area (Å²) in [7, 11) is 1.57. The molecule has 1 heterocycles. The summed E-state index contributed by atoms with van der Waals surface area (Å²) in [6.45, 7) is 0.625. The van der Waals surface area contributed by atoms with Crippen LogP contribution in [-0.4, -0.2) is 34.2 Å². The van der Waals surface area contributed by atoms with Gasteiger partial charge in [-0.25, -0.2) is 9.79 Å². The Morgan fingerprint density at radius 3 is 2.32 bits per heavy atom. The van der Waals surface area contributed by atoms with Crippen LogP contribution in [-0.2, 0) is 17.9 Å². The smallest absolute Gasteiger partial charge is 0.335 e. The van der Waals surface area contributed by atoms with E-state index >= 15 is 0 Å². The third-order valence-electron chi connectivity index (χ3n) is 6.19. The van der Waals surface area contributed by atoms with Gasteiger partial charge in [0.25, 0.3) is 5.91 Å². The molecule has 0 atom stereocenters. The van der Waals surface area contributed by atoms with Crippen LogP contribution in [0.25, 0.3) is 6.08 Å². The van der Waals surface area contributed by atoms with E-state index in [1.54, 1.807) is 30.2 Å². The highest BCUT2D eigenvalue weighted by Gasteiger charge is 2.33. The topological polar surface area (TPSA) is 88.4 Å². The van der Waals surface area contributed by atoms with Crippen molar-refractivity contribution in [3.05, 3.63) is 129 Å². The van der Waals surface area contributed by atoms with Crippen molar-refractivity contribution >= 4 is 56.5 Å². The van der Waals surface area contributed by atoms with E-state index in [4.69, 9.17) is 14.5 Å². The number of hydrogen-bond donors (Lipinski definition) is 1. The Hall–Kier alpha value is -4.34. The molecular weight excluding hydrogens is 604 g/mol. The molecule has 41 heavy (non-hydrogen) atoms. The first-order valence-electron chi connectivity index (χ1n) is 12.6. The molecule has 206 valence electrons. The minimum atomic E-state index is -1.00. The molecule has 0 radical (unpaired) electrons. The number of ether oxygens (including phenoxy) is 2. The second kappa shape index (κ2) is 12.9. The standard InChI is InChI=1S/C32H25BrN2O5S/c1-39-27-17-23(16-26(33)29(27)40-20-22-8-4-2-5-9-22)18-28-30(36)35(19-21-12-14-24(15-13-21)31(37)38)32(41-28)34-25-10-6-3-7-11-25/h2-18H,19-20H2,1H3,(H,37,38)/b28-18-,34-32?. The highest BCUT2D eigenvalue weighted by Crippen LogP contribution is 2.40. The van der Waals surface area contributed by atoms with Gasteiger partial charge in [0.2, 0.25) is 0 Å². The number of rotatable bonds is 9. The van der Waals surface area contributed by atoms with Crippen molar-refractivity contribution < 1.29 is 24.2 Å². The maximum Gasteiger partial charge on any atom is 0.335 e. The summed E-state index contributed by atoms with van der Waals surface area (Å²) >= 11 is 4.88. The predicted molar refractivity (Wildman–Crippen MR) is 165 cm³/mol. The number of amides is 1. The van der Waals surface area contributed by atoms with E-state index in [-0.39, 0.29) is 18.0 Å². The number of amidine groups is 1. The third-order valence-corrected chi connectivity index (χ3v) is 7.78. The molecule has 4 aromatic carbocycles. The van der Waals surface area contributed by atoms with E-state index in [0.717, 1.165) is 22.4 Å².